The number of rotatable bonds is 7. The Morgan fingerprint density at radius 2 is 1.64 bits per heavy atom. The van der Waals surface area contributed by atoms with Crippen molar-refractivity contribution in [2.75, 3.05) is 33.9 Å². The van der Waals surface area contributed by atoms with E-state index in [0.29, 0.717) is 0 Å². The number of benzene rings is 1. The van der Waals surface area contributed by atoms with Crippen LogP contribution in [0.3, 0.4) is 0 Å². The van der Waals surface area contributed by atoms with Crippen LogP contribution >= 0.6 is 0 Å². The minimum Gasteiger partial charge on any atom is -0.497 e. The van der Waals surface area contributed by atoms with Crippen molar-refractivity contribution >= 4 is 0 Å². The first-order chi connectivity index (χ1) is 10.8. The molecule has 122 valence electrons. The van der Waals surface area contributed by atoms with Gasteiger partial charge in [0, 0.05) is 18.7 Å². The van der Waals surface area contributed by atoms with E-state index in [1.807, 2.05) is 6.07 Å². The summed E-state index contributed by atoms with van der Waals surface area (Å²) in [5, 5.41) is 3.74. The molecule has 1 aliphatic heterocycles. The van der Waals surface area contributed by atoms with Gasteiger partial charge in [0.25, 0.3) is 0 Å². The van der Waals surface area contributed by atoms with Crippen LogP contribution in [-0.4, -0.2) is 44.8 Å². The molecule has 1 N–H and O–H groups in total. The first-order valence-corrected chi connectivity index (χ1v) is 8.44. The number of ether oxygens (including phenoxy) is 2. The Morgan fingerprint density at radius 3 is 2.18 bits per heavy atom. The molecule has 1 heterocycles. The highest BCUT2D eigenvalue weighted by Gasteiger charge is 2.24. The molecule has 2 fully saturated rings. The van der Waals surface area contributed by atoms with Crippen molar-refractivity contribution in [3.63, 3.8) is 0 Å². The largest absolute Gasteiger partial charge is 0.497 e. The summed E-state index contributed by atoms with van der Waals surface area (Å²) in [7, 11) is 3.41. The van der Waals surface area contributed by atoms with E-state index in [0.717, 1.165) is 30.0 Å². The molecule has 1 aliphatic carbocycles. The minimum atomic E-state index is 0.719. The molecule has 22 heavy (non-hydrogen) atoms. The van der Waals surface area contributed by atoms with Gasteiger partial charge < -0.3 is 14.8 Å². The van der Waals surface area contributed by atoms with Gasteiger partial charge in [0.15, 0.2) is 0 Å². The van der Waals surface area contributed by atoms with Crippen molar-refractivity contribution in [1.29, 1.82) is 0 Å². The van der Waals surface area contributed by atoms with E-state index in [-0.39, 0.29) is 0 Å². The van der Waals surface area contributed by atoms with Crippen molar-refractivity contribution in [1.82, 2.24) is 10.2 Å². The third-order valence-electron chi connectivity index (χ3n) is 4.80. The van der Waals surface area contributed by atoms with Crippen LogP contribution in [0.1, 0.15) is 31.2 Å². The smallest absolute Gasteiger partial charge is 0.122 e. The fraction of sp³-hybridized carbons (Fsp3) is 0.667. The highest BCUT2D eigenvalue weighted by atomic mass is 16.5. The van der Waals surface area contributed by atoms with Crippen LogP contribution in [0.15, 0.2) is 18.2 Å². The lowest BCUT2D eigenvalue weighted by molar-refractivity contribution is 0.190. The fourth-order valence-corrected chi connectivity index (χ4v) is 3.17. The highest BCUT2D eigenvalue weighted by Crippen LogP contribution is 2.28. The summed E-state index contributed by atoms with van der Waals surface area (Å²) in [6.45, 7) is 4.55. The zero-order valence-electron chi connectivity index (χ0n) is 13.8. The Kier molecular flexibility index (Phi) is 5.21. The summed E-state index contributed by atoms with van der Waals surface area (Å²) in [5.74, 6) is 2.72. The quantitative estimate of drug-likeness (QED) is 0.840. The normalized spacial score (nSPS) is 20.1. The summed E-state index contributed by atoms with van der Waals surface area (Å²) in [6, 6.07) is 6.87. The molecule has 3 rings (SSSR count). The molecular formula is C18H28N2O2. The highest BCUT2D eigenvalue weighted by molar-refractivity contribution is 5.38. The third kappa shape index (κ3) is 4.37. The van der Waals surface area contributed by atoms with Crippen LogP contribution < -0.4 is 14.8 Å². The van der Waals surface area contributed by atoms with Crippen molar-refractivity contribution in [2.45, 2.75) is 38.3 Å². The second-order valence-electron chi connectivity index (χ2n) is 6.62. The maximum atomic E-state index is 5.36. The molecule has 4 heteroatoms. The van der Waals surface area contributed by atoms with Gasteiger partial charge in [0.2, 0.25) is 0 Å². The maximum Gasteiger partial charge on any atom is 0.122 e. The van der Waals surface area contributed by atoms with Gasteiger partial charge in [0.05, 0.1) is 14.2 Å². The number of piperidine rings is 1. The van der Waals surface area contributed by atoms with E-state index >= 15 is 0 Å². The van der Waals surface area contributed by atoms with Gasteiger partial charge in [-0.05, 0) is 68.9 Å². The topological polar surface area (TPSA) is 33.7 Å². The number of methoxy groups -OCH3 is 2. The molecule has 0 radical (unpaired) electrons. The van der Waals surface area contributed by atoms with Crippen molar-refractivity contribution in [3.05, 3.63) is 23.8 Å². The molecule has 0 unspecified atom stereocenters. The van der Waals surface area contributed by atoms with Gasteiger partial charge in [-0.15, -0.1) is 0 Å². The van der Waals surface area contributed by atoms with E-state index < -0.39 is 0 Å². The lowest BCUT2D eigenvalue weighted by Crippen LogP contribution is -2.42. The van der Waals surface area contributed by atoms with Crippen molar-refractivity contribution in [2.24, 2.45) is 5.92 Å². The molecular weight excluding hydrogens is 276 g/mol. The van der Waals surface area contributed by atoms with Gasteiger partial charge >= 0.3 is 0 Å². The van der Waals surface area contributed by atoms with Crippen LogP contribution in [0.25, 0.3) is 0 Å². The second-order valence-corrected chi connectivity index (χ2v) is 6.62. The first kappa shape index (κ1) is 15.6. The lowest BCUT2D eigenvalue weighted by atomic mass is 10.0. The van der Waals surface area contributed by atoms with Crippen LogP contribution in [0.2, 0.25) is 0 Å². The van der Waals surface area contributed by atoms with E-state index in [2.05, 4.69) is 22.3 Å². The number of nitrogens with one attached hydrogen (secondary N) is 1. The van der Waals surface area contributed by atoms with Gasteiger partial charge in [-0.3, -0.25) is 4.90 Å². The predicted octanol–water partition coefficient (Wildman–Crippen LogP) is 2.67. The molecule has 0 spiro atoms. The summed E-state index contributed by atoms with van der Waals surface area (Å²) in [6.07, 6.45) is 5.38. The zero-order chi connectivity index (χ0) is 15.4. The molecule has 1 aromatic carbocycles. The van der Waals surface area contributed by atoms with Crippen LogP contribution in [0.4, 0.5) is 0 Å². The van der Waals surface area contributed by atoms with Crippen LogP contribution in [0.5, 0.6) is 11.5 Å². The predicted molar refractivity (Wildman–Crippen MR) is 88.6 cm³/mol. The third-order valence-corrected chi connectivity index (χ3v) is 4.80. The van der Waals surface area contributed by atoms with Crippen LogP contribution in [0, 0.1) is 5.92 Å². The number of hydrogen-bond donors (Lipinski definition) is 1. The van der Waals surface area contributed by atoms with Gasteiger partial charge in [0.1, 0.15) is 11.5 Å². The summed E-state index contributed by atoms with van der Waals surface area (Å²) in [5.41, 5.74) is 1.26. The molecule has 0 amide bonds. The molecule has 0 atom stereocenters. The Bertz CT molecular complexity index is 458. The second kappa shape index (κ2) is 7.34. The Hall–Kier alpha value is -1.26. The van der Waals surface area contributed by atoms with E-state index in [1.165, 1.54) is 50.9 Å². The minimum absolute atomic E-state index is 0.719. The summed E-state index contributed by atoms with van der Waals surface area (Å²) < 4.78 is 10.7. The van der Waals surface area contributed by atoms with E-state index in [1.54, 1.807) is 14.2 Å². The number of hydrogen-bond acceptors (Lipinski definition) is 4. The standard InChI is InChI=1S/C18H28N2O2/c1-21-17-9-15(10-18(11-17)22-2)13-20-7-5-16(6-8-20)19-12-14-3-4-14/h9-11,14,16,19H,3-8,12-13H2,1-2H3. The lowest BCUT2D eigenvalue weighted by Gasteiger charge is -2.32. The van der Waals surface area contributed by atoms with Gasteiger partial charge in [-0.25, -0.2) is 0 Å². The van der Waals surface area contributed by atoms with Gasteiger partial charge in [-0.1, -0.05) is 0 Å². The molecule has 0 bridgehead atoms. The molecule has 1 saturated carbocycles. The Balaban J connectivity index is 1.49. The average Bonchev–Trinajstić information content (AvgIpc) is 3.38. The van der Waals surface area contributed by atoms with Crippen molar-refractivity contribution in [3.8, 4) is 11.5 Å². The molecule has 0 aromatic heterocycles. The molecule has 1 saturated heterocycles. The molecule has 4 nitrogen and oxygen atoms in total. The number of likely N-dealkylation sites (tertiary alicyclic amines) is 1. The monoisotopic (exact) mass is 304 g/mol. The summed E-state index contributed by atoms with van der Waals surface area (Å²) in [4.78, 5) is 2.53. The maximum absolute atomic E-state index is 5.36. The SMILES string of the molecule is COc1cc(CN2CCC(NCC3CC3)CC2)cc(OC)c1. The van der Waals surface area contributed by atoms with Crippen LogP contribution in [-0.2, 0) is 6.54 Å². The number of nitrogens with zero attached hydrogens (tertiary/aromatic N) is 1. The Morgan fingerprint density at radius 1 is 1.00 bits per heavy atom. The van der Waals surface area contributed by atoms with E-state index in [4.69, 9.17) is 9.47 Å². The Labute approximate surface area is 133 Å². The van der Waals surface area contributed by atoms with Crippen molar-refractivity contribution < 1.29 is 9.47 Å². The molecule has 1 aromatic rings. The fourth-order valence-electron chi connectivity index (χ4n) is 3.17. The summed E-state index contributed by atoms with van der Waals surface area (Å²) >= 11 is 0. The van der Waals surface area contributed by atoms with E-state index in [9.17, 15) is 0 Å². The first-order valence-electron chi connectivity index (χ1n) is 8.44. The molecule has 2 aliphatic rings. The van der Waals surface area contributed by atoms with Gasteiger partial charge in [-0.2, -0.15) is 0 Å². The zero-order valence-corrected chi connectivity index (χ0v) is 13.8. The average molecular weight is 304 g/mol.